The van der Waals surface area contributed by atoms with E-state index < -0.39 is 0 Å². The number of anilines is 1. The van der Waals surface area contributed by atoms with E-state index in [9.17, 15) is 4.79 Å². The van der Waals surface area contributed by atoms with E-state index in [-0.39, 0.29) is 5.91 Å². The van der Waals surface area contributed by atoms with E-state index >= 15 is 0 Å². The lowest BCUT2D eigenvalue weighted by Crippen LogP contribution is -2.27. The van der Waals surface area contributed by atoms with Crippen molar-refractivity contribution >= 4 is 35.0 Å². The lowest BCUT2D eigenvalue weighted by atomic mass is 10.3. The van der Waals surface area contributed by atoms with Crippen molar-refractivity contribution < 1.29 is 4.79 Å². The number of nitrogen functional groups attached to an aromatic ring is 1. The maximum atomic E-state index is 11.6. The second-order valence-electron chi connectivity index (χ2n) is 3.35. The lowest BCUT2D eigenvalue weighted by molar-refractivity contribution is -0.126. The first-order valence-electron chi connectivity index (χ1n) is 4.97. The zero-order valence-electron chi connectivity index (χ0n) is 9.37. The van der Waals surface area contributed by atoms with Crippen molar-refractivity contribution in [1.29, 1.82) is 0 Å². The molecule has 0 unspecified atom stereocenters. The van der Waals surface area contributed by atoms with Crippen molar-refractivity contribution in [3.8, 4) is 0 Å². The summed E-state index contributed by atoms with van der Waals surface area (Å²) in [5.41, 5.74) is 6.40. The Bertz CT molecular complexity index is 364. The Morgan fingerprint density at radius 2 is 2.25 bits per heavy atom. The summed E-state index contributed by atoms with van der Waals surface area (Å²) in [6.45, 7) is 2.64. The van der Waals surface area contributed by atoms with Crippen LogP contribution in [-0.2, 0) is 4.79 Å². The molecule has 0 radical (unpaired) electrons. The number of carbonyl (C=O) groups is 1. The molecule has 3 nitrogen and oxygen atoms in total. The highest BCUT2D eigenvalue weighted by molar-refractivity contribution is 8.00. The molecule has 1 aromatic carbocycles. The van der Waals surface area contributed by atoms with Crippen LogP contribution in [0.15, 0.2) is 23.1 Å². The number of thioether (sulfide) groups is 1. The first kappa shape index (κ1) is 13.2. The predicted octanol–water partition coefficient (Wildman–Crippen LogP) is 2.49. The number of carbonyl (C=O) groups excluding carboxylic acids is 1. The van der Waals surface area contributed by atoms with E-state index in [1.807, 2.05) is 6.92 Å². The van der Waals surface area contributed by atoms with Crippen LogP contribution in [0.5, 0.6) is 0 Å². The van der Waals surface area contributed by atoms with Crippen LogP contribution in [0.2, 0.25) is 5.02 Å². The van der Waals surface area contributed by atoms with Gasteiger partial charge in [-0.25, -0.2) is 0 Å². The molecule has 88 valence electrons. The van der Waals surface area contributed by atoms with Crippen LogP contribution in [0.3, 0.4) is 0 Å². The molecule has 1 rings (SSSR count). The van der Waals surface area contributed by atoms with Gasteiger partial charge in [0.2, 0.25) is 5.91 Å². The van der Waals surface area contributed by atoms with E-state index in [4.69, 9.17) is 17.3 Å². The van der Waals surface area contributed by atoms with Gasteiger partial charge in [-0.15, -0.1) is 11.8 Å². The molecule has 5 heteroatoms. The van der Waals surface area contributed by atoms with Crippen LogP contribution in [0.1, 0.15) is 6.92 Å². The van der Waals surface area contributed by atoms with Gasteiger partial charge < -0.3 is 10.6 Å². The summed E-state index contributed by atoms with van der Waals surface area (Å²) in [4.78, 5) is 14.0. The molecule has 0 fully saturated rings. The largest absolute Gasteiger partial charge is 0.398 e. The Balaban J connectivity index is 2.65. The molecule has 0 heterocycles. The van der Waals surface area contributed by atoms with Gasteiger partial charge in [0.15, 0.2) is 0 Å². The predicted molar refractivity (Wildman–Crippen MR) is 69.9 cm³/mol. The van der Waals surface area contributed by atoms with Crippen LogP contribution in [0.25, 0.3) is 0 Å². The number of nitrogens with two attached hydrogens (primary N) is 1. The summed E-state index contributed by atoms with van der Waals surface area (Å²) in [6, 6.07) is 5.35. The standard InChI is InChI=1S/C11H15ClN2OS/c1-3-14(2)10(15)7-16-11-8(12)5-4-6-9(11)13/h4-6H,3,7,13H2,1-2H3. The number of benzene rings is 1. The van der Waals surface area contributed by atoms with Gasteiger partial charge in [0.05, 0.1) is 10.8 Å². The summed E-state index contributed by atoms with van der Waals surface area (Å²) < 4.78 is 0. The number of hydrogen-bond donors (Lipinski definition) is 1. The Kier molecular flexibility index (Phi) is 4.96. The minimum absolute atomic E-state index is 0.0758. The average molecular weight is 259 g/mol. The topological polar surface area (TPSA) is 46.3 Å². The molecular weight excluding hydrogens is 244 g/mol. The Morgan fingerprint density at radius 3 is 2.81 bits per heavy atom. The molecule has 0 aliphatic heterocycles. The van der Waals surface area contributed by atoms with Crippen LogP contribution >= 0.6 is 23.4 Å². The normalized spacial score (nSPS) is 10.2. The molecule has 1 amide bonds. The summed E-state index contributed by atoms with van der Waals surface area (Å²) in [7, 11) is 1.78. The molecule has 0 saturated heterocycles. The average Bonchev–Trinajstić information content (AvgIpc) is 2.27. The molecule has 0 aliphatic carbocycles. The third-order valence-electron chi connectivity index (χ3n) is 2.24. The van der Waals surface area contributed by atoms with E-state index in [1.165, 1.54) is 11.8 Å². The second-order valence-corrected chi connectivity index (χ2v) is 4.75. The molecule has 0 aliphatic rings. The van der Waals surface area contributed by atoms with Crippen molar-refractivity contribution in [2.75, 3.05) is 25.1 Å². The molecule has 0 spiro atoms. The van der Waals surface area contributed by atoms with Crippen molar-refractivity contribution in [3.05, 3.63) is 23.2 Å². The van der Waals surface area contributed by atoms with Crippen LogP contribution in [0.4, 0.5) is 5.69 Å². The number of rotatable bonds is 4. The van der Waals surface area contributed by atoms with E-state index in [0.29, 0.717) is 23.0 Å². The molecule has 0 saturated carbocycles. The zero-order valence-corrected chi connectivity index (χ0v) is 10.9. The van der Waals surface area contributed by atoms with Gasteiger partial charge in [-0.1, -0.05) is 17.7 Å². The third kappa shape index (κ3) is 3.32. The SMILES string of the molecule is CCN(C)C(=O)CSc1c(N)cccc1Cl. The van der Waals surface area contributed by atoms with Gasteiger partial charge in [0, 0.05) is 24.2 Å². The molecule has 1 aromatic rings. The molecule has 0 aromatic heterocycles. The smallest absolute Gasteiger partial charge is 0.232 e. The van der Waals surface area contributed by atoms with Gasteiger partial charge in [-0.2, -0.15) is 0 Å². The van der Waals surface area contributed by atoms with Crippen molar-refractivity contribution in [3.63, 3.8) is 0 Å². The fourth-order valence-corrected chi connectivity index (χ4v) is 2.37. The van der Waals surface area contributed by atoms with E-state index in [1.54, 1.807) is 30.1 Å². The third-order valence-corrected chi connectivity index (χ3v) is 3.80. The summed E-state index contributed by atoms with van der Waals surface area (Å²) in [5.74, 6) is 0.435. The number of halogens is 1. The van der Waals surface area contributed by atoms with E-state index in [0.717, 1.165) is 4.90 Å². The lowest BCUT2D eigenvalue weighted by Gasteiger charge is -2.14. The fraction of sp³-hybridized carbons (Fsp3) is 0.364. The van der Waals surface area contributed by atoms with Gasteiger partial charge in [-0.3, -0.25) is 4.79 Å². The minimum Gasteiger partial charge on any atom is -0.398 e. The second kappa shape index (κ2) is 6.01. The summed E-state index contributed by atoms with van der Waals surface area (Å²) in [5, 5.41) is 0.594. The van der Waals surface area contributed by atoms with Gasteiger partial charge >= 0.3 is 0 Å². The Hall–Kier alpha value is -0.870. The Morgan fingerprint density at radius 1 is 1.56 bits per heavy atom. The summed E-state index contributed by atoms with van der Waals surface area (Å²) in [6.07, 6.45) is 0. The van der Waals surface area contributed by atoms with Crippen molar-refractivity contribution in [2.24, 2.45) is 0 Å². The minimum atomic E-state index is 0.0758. The maximum absolute atomic E-state index is 11.6. The van der Waals surface area contributed by atoms with Gasteiger partial charge in [0.25, 0.3) is 0 Å². The number of amides is 1. The van der Waals surface area contributed by atoms with Crippen LogP contribution < -0.4 is 5.73 Å². The number of nitrogens with zero attached hydrogens (tertiary/aromatic N) is 1. The van der Waals surface area contributed by atoms with Crippen LogP contribution in [-0.4, -0.2) is 30.2 Å². The highest BCUT2D eigenvalue weighted by atomic mass is 35.5. The first-order chi connectivity index (χ1) is 7.56. The van der Waals surface area contributed by atoms with Gasteiger partial charge in [0.1, 0.15) is 0 Å². The fourth-order valence-electron chi connectivity index (χ4n) is 1.10. The zero-order chi connectivity index (χ0) is 12.1. The summed E-state index contributed by atoms with van der Waals surface area (Å²) >= 11 is 7.38. The van der Waals surface area contributed by atoms with Gasteiger partial charge in [-0.05, 0) is 19.1 Å². The monoisotopic (exact) mass is 258 g/mol. The first-order valence-corrected chi connectivity index (χ1v) is 6.33. The van der Waals surface area contributed by atoms with Crippen molar-refractivity contribution in [1.82, 2.24) is 4.90 Å². The molecule has 16 heavy (non-hydrogen) atoms. The molecule has 0 atom stereocenters. The molecular formula is C11H15ClN2OS. The van der Waals surface area contributed by atoms with Crippen LogP contribution in [0, 0.1) is 0 Å². The van der Waals surface area contributed by atoms with Crippen molar-refractivity contribution in [2.45, 2.75) is 11.8 Å². The number of hydrogen-bond acceptors (Lipinski definition) is 3. The Labute approximate surface area is 105 Å². The highest BCUT2D eigenvalue weighted by Crippen LogP contribution is 2.32. The maximum Gasteiger partial charge on any atom is 0.232 e. The van der Waals surface area contributed by atoms with E-state index in [2.05, 4.69) is 0 Å². The quantitative estimate of drug-likeness (QED) is 0.667. The molecule has 0 bridgehead atoms. The highest BCUT2D eigenvalue weighted by Gasteiger charge is 2.10. The molecule has 2 N–H and O–H groups in total.